The van der Waals surface area contributed by atoms with Crippen molar-refractivity contribution in [3.8, 4) is 0 Å². The minimum atomic E-state index is 0.366. The van der Waals surface area contributed by atoms with Gasteiger partial charge in [0.15, 0.2) is 0 Å². The van der Waals surface area contributed by atoms with Gasteiger partial charge in [0.05, 0.1) is 0 Å². The first-order valence-electron chi connectivity index (χ1n) is 5.37. The molecule has 2 unspecified atom stereocenters. The fourth-order valence-corrected chi connectivity index (χ4v) is 2.78. The van der Waals surface area contributed by atoms with Gasteiger partial charge >= 0.3 is 0 Å². The summed E-state index contributed by atoms with van der Waals surface area (Å²) < 4.78 is 0. The summed E-state index contributed by atoms with van der Waals surface area (Å²) in [6, 6.07) is 0.625. The van der Waals surface area contributed by atoms with Crippen LogP contribution in [-0.4, -0.2) is 49.7 Å². The van der Waals surface area contributed by atoms with Gasteiger partial charge in [0.2, 0.25) is 0 Å². The van der Waals surface area contributed by atoms with E-state index in [1.165, 1.54) is 25.9 Å². The molecule has 0 aromatic heterocycles. The van der Waals surface area contributed by atoms with Crippen molar-refractivity contribution in [3.05, 3.63) is 0 Å². The highest BCUT2D eigenvalue weighted by atomic mass is 15.2. The van der Waals surface area contributed by atoms with Crippen molar-refractivity contribution in [2.24, 2.45) is 0 Å². The molecular formula is C10H21N3. The number of likely N-dealkylation sites (tertiary alicyclic amines) is 1. The first-order chi connectivity index (χ1) is 6.20. The zero-order chi connectivity index (χ0) is 9.31. The maximum absolute atomic E-state index is 3.76. The van der Waals surface area contributed by atoms with Crippen molar-refractivity contribution in [1.82, 2.24) is 15.5 Å². The second kappa shape index (κ2) is 3.56. The molecule has 2 aliphatic rings. The van der Waals surface area contributed by atoms with Gasteiger partial charge < -0.3 is 15.5 Å². The van der Waals surface area contributed by atoms with E-state index in [0.29, 0.717) is 11.6 Å². The van der Waals surface area contributed by atoms with Crippen molar-refractivity contribution in [2.45, 2.75) is 31.3 Å². The Labute approximate surface area is 80.9 Å². The summed E-state index contributed by atoms with van der Waals surface area (Å²) in [6.45, 7) is 6.98. The molecule has 0 radical (unpaired) electrons. The largest absolute Gasteiger partial charge is 0.313 e. The molecule has 2 aliphatic heterocycles. The SMILES string of the molecule is CC1CNCC2(CCCN(C)C2)N1. The van der Waals surface area contributed by atoms with Crippen LogP contribution in [0.4, 0.5) is 0 Å². The summed E-state index contributed by atoms with van der Waals surface area (Å²) in [5, 5.41) is 7.28. The van der Waals surface area contributed by atoms with Gasteiger partial charge in [-0.05, 0) is 33.4 Å². The molecule has 3 nitrogen and oxygen atoms in total. The Morgan fingerprint density at radius 1 is 1.46 bits per heavy atom. The maximum Gasteiger partial charge on any atom is 0.0437 e. The summed E-state index contributed by atoms with van der Waals surface area (Å²) in [5.74, 6) is 0. The first kappa shape index (κ1) is 9.44. The van der Waals surface area contributed by atoms with E-state index < -0.39 is 0 Å². The lowest BCUT2D eigenvalue weighted by Gasteiger charge is -2.47. The van der Waals surface area contributed by atoms with Crippen LogP contribution in [0.1, 0.15) is 19.8 Å². The summed E-state index contributed by atoms with van der Waals surface area (Å²) in [6.07, 6.45) is 2.66. The van der Waals surface area contributed by atoms with Crippen LogP contribution in [-0.2, 0) is 0 Å². The average Bonchev–Trinajstić information content (AvgIpc) is 2.02. The molecule has 2 N–H and O–H groups in total. The van der Waals surface area contributed by atoms with Gasteiger partial charge in [-0.2, -0.15) is 0 Å². The minimum Gasteiger partial charge on any atom is -0.313 e. The lowest BCUT2D eigenvalue weighted by Crippen LogP contribution is -2.68. The van der Waals surface area contributed by atoms with E-state index >= 15 is 0 Å². The fraction of sp³-hybridized carbons (Fsp3) is 1.00. The van der Waals surface area contributed by atoms with Crippen LogP contribution < -0.4 is 10.6 Å². The molecule has 2 heterocycles. The van der Waals surface area contributed by atoms with Crippen molar-refractivity contribution in [1.29, 1.82) is 0 Å². The molecule has 0 bridgehead atoms. The smallest absolute Gasteiger partial charge is 0.0437 e. The molecule has 1 spiro atoms. The van der Waals surface area contributed by atoms with E-state index in [9.17, 15) is 0 Å². The standard InChI is InChI=1S/C10H21N3/c1-9-6-11-7-10(12-9)4-3-5-13(2)8-10/h9,11-12H,3-8H2,1-2H3. The molecule has 0 aromatic rings. The van der Waals surface area contributed by atoms with Crippen molar-refractivity contribution in [3.63, 3.8) is 0 Å². The average molecular weight is 183 g/mol. The Bertz CT molecular complexity index is 161. The fourth-order valence-electron chi connectivity index (χ4n) is 2.78. The van der Waals surface area contributed by atoms with Gasteiger partial charge in [0.1, 0.15) is 0 Å². The zero-order valence-electron chi connectivity index (χ0n) is 8.77. The highest BCUT2D eigenvalue weighted by Gasteiger charge is 2.36. The summed E-state index contributed by atoms with van der Waals surface area (Å²) in [5.41, 5.74) is 0.366. The van der Waals surface area contributed by atoms with Gasteiger partial charge in [-0.3, -0.25) is 0 Å². The van der Waals surface area contributed by atoms with Gasteiger partial charge in [-0.1, -0.05) is 0 Å². The third-order valence-electron chi connectivity index (χ3n) is 3.23. The molecule has 0 aliphatic carbocycles. The number of hydrogen-bond donors (Lipinski definition) is 2. The lowest BCUT2D eigenvalue weighted by atomic mass is 9.86. The molecular weight excluding hydrogens is 162 g/mol. The lowest BCUT2D eigenvalue weighted by molar-refractivity contribution is 0.112. The van der Waals surface area contributed by atoms with Gasteiger partial charge in [-0.15, -0.1) is 0 Å². The van der Waals surface area contributed by atoms with Crippen LogP contribution in [0, 0.1) is 0 Å². The first-order valence-corrected chi connectivity index (χ1v) is 5.37. The zero-order valence-corrected chi connectivity index (χ0v) is 8.77. The molecule has 2 atom stereocenters. The molecule has 0 aromatic carbocycles. The van der Waals surface area contributed by atoms with E-state index in [1.54, 1.807) is 0 Å². The molecule has 2 fully saturated rings. The van der Waals surface area contributed by atoms with E-state index in [4.69, 9.17) is 0 Å². The van der Waals surface area contributed by atoms with E-state index in [0.717, 1.165) is 13.1 Å². The van der Waals surface area contributed by atoms with Crippen LogP contribution in [0.15, 0.2) is 0 Å². The molecule has 2 rings (SSSR count). The number of likely N-dealkylation sites (N-methyl/N-ethyl adjacent to an activating group) is 1. The van der Waals surface area contributed by atoms with E-state index in [-0.39, 0.29) is 0 Å². The third kappa shape index (κ3) is 2.03. The molecule has 0 saturated carbocycles. The van der Waals surface area contributed by atoms with Crippen LogP contribution in [0.25, 0.3) is 0 Å². The second-order valence-electron chi connectivity index (χ2n) is 4.80. The summed E-state index contributed by atoms with van der Waals surface area (Å²) >= 11 is 0. The van der Waals surface area contributed by atoms with Gasteiger partial charge in [-0.25, -0.2) is 0 Å². The Morgan fingerprint density at radius 3 is 3.00 bits per heavy atom. The Hall–Kier alpha value is -0.120. The number of rotatable bonds is 0. The van der Waals surface area contributed by atoms with Crippen LogP contribution in [0.5, 0.6) is 0 Å². The summed E-state index contributed by atoms with van der Waals surface area (Å²) in [7, 11) is 2.22. The van der Waals surface area contributed by atoms with E-state index in [1.807, 2.05) is 0 Å². The highest BCUT2D eigenvalue weighted by Crippen LogP contribution is 2.21. The Kier molecular flexibility index (Phi) is 2.58. The van der Waals surface area contributed by atoms with Crippen molar-refractivity contribution in [2.75, 3.05) is 33.2 Å². The second-order valence-corrected chi connectivity index (χ2v) is 4.80. The molecule has 76 valence electrons. The molecule has 3 heteroatoms. The molecule has 0 amide bonds. The molecule has 2 saturated heterocycles. The third-order valence-corrected chi connectivity index (χ3v) is 3.23. The number of piperidine rings is 1. The Balaban J connectivity index is 2.00. The Morgan fingerprint density at radius 2 is 2.31 bits per heavy atom. The summed E-state index contributed by atoms with van der Waals surface area (Å²) in [4.78, 5) is 2.44. The van der Waals surface area contributed by atoms with Gasteiger partial charge in [0.25, 0.3) is 0 Å². The highest BCUT2D eigenvalue weighted by molar-refractivity contribution is 5.00. The normalized spacial score (nSPS) is 42.5. The maximum atomic E-state index is 3.76. The number of nitrogens with one attached hydrogen (secondary N) is 2. The predicted molar refractivity (Wildman–Crippen MR) is 54.9 cm³/mol. The number of hydrogen-bond acceptors (Lipinski definition) is 3. The minimum absolute atomic E-state index is 0.366. The van der Waals surface area contributed by atoms with Crippen molar-refractivity contribution >= 4 is 0 Å². The number of piperazine rings is 1. The quantitative estimate of drug-likeness (QED) is 0.555. The topological polar surface area (TPSA) is 27.3 Å². The van der Waals surface area contributed by atoms with Crippen LogP contribution >= 0.6 is 0 Å². The molecule has 13 heavy (non-hydrogen) atoms. The van der Waals surface area contributed by atoms with Gasteiger partial charge in [0, 0.05) is 31.2 Å². The van der Waals surface area contributed by atoms with Crippen LogP contribution in [0.2, 0.25) is 0 Å². The predicted octanol–water partition coefficient (Wildman–Crippen LogP) is 0.0321. The van der Waals surface area contributed by atoms with E-state index in [2.05, 4.69) is 29.5 Å². The monoisotopic (exact) mass is 183 g/mol. The number of nitrogens with zero attached hydrogens (tertiary/aromatic N) is 1. The van der Waals surface area contributed by atoms with Crippen LogP contribution in [0.3, 0.4) is 0 Å². The van der Waals surface area contributed by atoms with Crippen molar-refractivity contribution < 1.29 is 0 Å².